The van der Waals surface area contributed by atoms with Crippen LogP contribution >= 0.6 is 12.4 Å². The number of aliphatic imine (C=N–C) groups is 1. The number of carbonyl (C=O) groups is 1. The third kappa shape index (κ3) is 6.43. The maximum atomic E-state index is 12.2. The summed E-state index contributed by atoms with van der Waals surface area (Å²) >= 11 is 0. The standard InChI is InChI=1S/C28H28N2O4.ClH/c1-4-32-28(31)34-26-20(3)29-27(22-10-6-5-7-11-22)30-25(26)23-12-8-9-13-24(23)33-18-21-16-14-19(2)15-17-21;/h5-17,25H,4,18H2,1-3H3,(H,29,30);1H. The molecule has 0 radical (unpaired) electrons. The van der Waals surface area contributed by atoms with Gasteiger partial charge in [0.15, 0.2) is 5.76 Å². The van der Waals surface area contributed by atoms with E-state index in [1.807, 2.05) is 73.7 Å². The van der Waals surface area contributed by atoms with Crippen LogP contribution in [-0.4, -0.2) is 18.6 Å². The Kier molecular flexibility index (Phi) is 8.92. The number of ether oxygens (including phenoxy) is 3. The van der Waals surface area contributed by atoms with Crippen molar-refractivity contribution in [2.75, 3.05) is 6.61 Å². The topological polar surface area (TPSA) is 69.2 Å². The molecule has 1 atom stereocenters. The number of hydrogen-bond donors (Lipinski definition) is 1. The number of amidine groups is 1. The van der Waals surface area contributed by atoms with Gasteiger partial charge in [0.05, 0.1) is 12.3 Å². The minimum absolute atomic E-state index is 0. The monoisotopic (exact) mass is 492 g/mol. The van der Waals surface area contributed by atoms with Crippen molar-refractivity contribution in [2.24, 2.45) is 4.99 Å². The van der Waals surface area contributed by atoms with Gasteiger partial charge in [0.2, 0.25) is 0 Å². The lowest BCUT2D eigenvalue weighted by Crippen LogP contribution is -2.31. The molecule has 0 fully saturated rings. The zero-order valence-corrected chi connectivity index (χ0v) is 20.8. The van der Waals surface area contributed by atoms with Crippen LogP contribution < -0.4 is 10.1 Å². The molecule has 4 rings (SSSR count). The van der Waals surface area contributed by atoms with Gasteiger partial charge in [-0.3, -0.25) is 4.99 Å². The van der Waals surface area contributed by atoms with Gasteiger partial charge in [-0.1, -0.05) is 78.4 Å². The summed E-state index contributed by atoms with van der Waals surface area (Å²) in [6.45, 7) is 6.28. The van der Waals surface area contributed by atoms with Crippen molar-refractivity contribution in [3.63, 3.8) is 0 Å². The highest BCUT2D eigenvalue weighted by molar-refractivity contribution is 6.00. The molecular formula is C28H29ClN2O4. The van der Waals surface area contributed by atoms with E-state index in [0.717, 1.165) is 16.7 Å². The van der Waals surface area contributed by atoms with Crippen LogP contribution in [0.15, 0.2) is 95.3 Å². The first kappa shape index (κ1) is 25.8. The summed E-state index contributed by atoms with van der Waals surface area (Å²) in [5.41, 5.74) is 4.67. The quantitative estimate of drug-likeness (QED) is 0.382. The molecule has 1 aliphatic heterocycles. The molecule has 7 heteroatoms. The Balaban J connectivity index is 0.00000342. The first-order chi connectivity index (χ1) is 16.5. The largest absolute Gasteiger partial charge is 0.513 e. The number of halogens is 1. The summed E-state index contributed by atoms with van der Waals surface area (Å²) in [5, 5.41) is 3.27. The Morgan fingerprint density at radius 3 is 2.34 bits per heavy atom. The van der Waals surface area contributed by atoms with Crippen molar-refractivity contribution in [3.8, 4) is 5.75 Å². The molecule has 0 aromatic heterocycles. The normalized spacial score (nSPS) is 14.8. The fourth-order valence-corrected chi connectivity index (χ4v) is 3.67. The third-order valence-electron chi connectivity index (χ3n) is 5.41. The van der Waals surface area contributed by atoms with Crippen molar-refractivity contribution in [2.45, 2.75) is 33.4 Å². The second-order valence-electron chi connectivity index (χ2n) is 7.96. The molecule has 0 saturated carbocycles. The summed E-state index contributed by atoms with van der Waals surface area (Å²) in [6, 6.07) is 25.1. The highest BCUT2D eigenvalue weighted by Gasteiger charge is 2.30. The fourth-order valence-electron chi connectivity index (χ4n) is 3.67. The Morgan fingerprint density at radius 1 is 0.943 bits per heavy atom. The second kappa shape index (κ2) is 12.1. The minimum atomic E-state index is -0.764. The van der Waals surface area contributed by atoms with Crippen LogP contribution in [0.25, 0.3) is 0 Å². The van der Waals surface area contributed by atoms with Crippen LogP contribution in [0.1, 0.15) is 42.1 Å². The number of allylic oxidation sites excluding steroid dienone is 1. The maximum Gasteiger partial charge on any atom is 0.513 e. The first-order valence-electron chi connectivity index (χ1n) is 11.3. The van der Waals surface area contributed by atoms with E-state index in [1.165, 1.54) is 5.56 Å². The highest BCUT2D eigenvalue weighted by atomic mass is 35.5. The Morgan fingerprint density at radius 2 is 1.63 bits per heavy atom. The molecule has 182 valence electrons. The zero-order chi connectivity index (χ0) is 23.9. The number of aryl methyl sites for hydroxylation is 1. The Hall–Kier alpha value is -3.77. The molecule has 6 nitrogen and oxygen atoms in total. The van der Waals surface area contributed by atoms with Gasteiger partial charge in [0, 0.05) is 11.1 Å². The van der Waals surface area contributed by atoms with E-state index < -0.39 is 12.2 Å². The zero-order valence-electron chi connectivity index (χ0n) is 20.0. The summed E-state index contributed by atoms with van der Waals surface area (Å²) in [4.78, 5) is 17.2. The number of carbonyl (C=O) groups excluding carboxylic acids is 1. The van der Waals surface area contributed by atoms with E-state index in [0.29, 0.717) is 29.6 Å². The van der Waals surface area contributed by atoms with Crippen LogP contribution in [0.2, 0.25) is 0 Å². The average molecular weight is 493 g/mol. The van der Waals surface area contributed by atoms with Gasteiger partial charge in [-0.2, -0.15) is 0 Å². The summed E-state index contributed by atoms with van der Waals surface area (Å²) in [5.74, 6) is 1.74. The molecule has 3 aromatic rings. The SMILES string of the molecule is CCOC(=O)OC1=C(C)NC(c2ccccc2)=NC1c1ccccc1OCc1ccc(C)cc1.Cl. The Labute approximate surface area is 212 Å². The molecule has 1 unspecified atom stereocenters. The second-order valence-corrected chi connectivity index (χ2v) is 7.96. The van der Waals surface area contributed by atoms with Gasteiger partial charge in [0.1, 0.15) is 24.2 Å². The molecule has 3 aromatic carbocycles. The molecule has 0 amide bonds. The van der Waals surface area contributed by atoms with Crippen LogP contribution in [0.3, 0.4) is 0 Å². The lowest BCUT2D eigenvalue weighted by molar-refractivity contribution is 0.0761. The maximum absolute atomic E-state index is 12.2. The molecule has 1 heterocycles. The number of nitrogens with one attached hydrogen (secondary N) is 1. The van der Waals surface area contributed by atoms with Crippen LogP contribution in [-0.2, 0) is 16.1 Å². The number of nitrogens with zero attached hydrogens (tertiary/aromatic N) is 1. The van der Waals surface area contributed by atoms with Gasteiger partial charge in [-0.25, -0.2) is 4.79 Å². The van der Waals surface area contributed by atoms with Crippen LogP contribution in [0, 0.1) is 6.92 Å². The number of hydrogen-bond acceptors (Lipinski definition) is 6. The molecule has 0 bridgehead atoms. The van der Waals surface area contributed by atoms with Crippen LogP contribution in [0.5, 0.6) is 5.75 Å². The van der Waals surface area contributed by atoms with Gasteiger partial charge in [0.25, 0.3) is 0 Å². The van der Waals surface area contributed by atoms with E-state index in [-0.39, 0.29) is 19.0 Å². The third-order valence-corrected chi connectivity index (χ3v) is 5.41. The van der Waals surface area contributed by atoms with E-state index in [2.05, 4.69) is 24.4 Å². The van der Waals surface area contributed by atoms with Crippen molar-refractivity contribution >= 4 is 24.4 Å². The molecule has 1 aliphatic rings. The van der Waals surface area contributed by atoms with E-state index >= 15 is 0 Å². The molecule has 0 spiro atoms. The predicted molar refractivity (Wildman–Crippen MR) is 139 cm³/mol. The number of rotatable bonds is 7. The van der Waals surface area contributed by atoms with Crippen molar-refractivity contribution in [3.05, 3.63) is 113 Å². The summed E-state index contributed by atoms with van der Waals surface area (Å²) in [6.07, 6.45) is -0.764. The predicted octanol–water partition coefficient (Wildman–Crippen LogP) is 6.49. The summed E-state index contributed by atoms with van der Waals surface area (Å²) < 4.78 is 16.9. The van der Waals surface area contributed by atoms with Crippen molar-refractivity contribution in [1.29, 1.82) is 0 Å². The average Bonchev–Trinajstić information content (AvgIpc) is 2.86. The first-order valence-corrected chi connectivity index (χ1v) is 11.3. The van der Waals surface area contributed by atoms with E-state index in [1.54, 1.807) is 6.92 Å². The van der Waals surface area contributed by atoms with Crippen LogP contribution in [0.4, 0.5) is 4.79 Å². The van der Waals surface area contributed by atoms with Crippen molar-refractivity contribution in [1.82, 2.24) is 5.32 Å². The highest BCUT2D eigenvalue weighted by Crippen LogP contribution is 2.37. The van der Waals surface area contributed by atoms with E-state index in [9.17, 15) is 4.79 Å². The van der Waals surface area contributed by atoms with Gasteiger partial charge < -0.3 is 19.5 Å². The van der Waals surface area contributed by atoms with Gasteiger partial charge in [-0.05, 0) is 32.4 Å². The van der Waals surface area contributed by atoms with Gasteiger partial charge in [-0.15, -0.1) is 12.4 Å². The molecule has 0 saturated heterocycles. The molecule has 35 heavy (non-hydrogen) atoms. The van der Waals surface area contributed by atoms with Gasteiger partial charge >= 0.3 is 6.16 Å². The molecule has 1 N–H and O–H groups in total. The minimum Gasteiger partial charge on any atom is -0.489 e. The molecule has 0 aliphatic carbocycles. The Bertz CT molecular complexity index is 1210. The summed E-state index contributed by atoms with van der Waals surface area (Å²) in [7, 11) is 0. The van der Waals surface area contributed by atoms with Crippen molar-refractivity contribution < 1.29 is 19.0 Å². The number of para-hydroxylation sites is 1. The fraction of sp³-hybridized carbons (Fsp3) is 0.214. The lowest BCUT2D eigenvalue weighted by atomic mass is 10.0. The smallest absolute Gasteiger partial charge is 0.489 e. The lowest BCUT2D eigenvalue weighted by Gasteiger charge is -2.27. The van der Waals surface area contributed by atoms with E-state index in [4.69, 9.17) is 19.2 Å². The number of benzene rings is 3. The molecular weight excluding hydrogens is 464 g/mol.